The van der Waals surface area contributed by atoms with E-state index < -0.39 is 17.8 Å². The van der Waals surface area contributed by atoms with E-state index in [-0.39, 0.29) is 16.9 Å². The summed E-state index contributed by atoms with van der Waals surface area (Å²) in [7, 11) is 1.13. The van der Waals surface area contributed by atoms with Gasteiger partial charge in [-0.1, -0.05) is 0 Å². The molecule has 0 aliphatic rings. The predicted octanol–water partition coefficient (Wildman–Crippen LogP) is 2.73. The number of alkyl halides is 3. The fourth-order valence-electron chi connectivity index (χ4n) is 2.57. The number of nitrogens with zero attached hydrogens (tertiary/aromatic N) is 5. The fourth-order valence-corrected chi connectivity index (χ4v) is 2.57. The number of carbonyl (C=O) groups excluding carboxylic acids is 1. The van der Waals surface area contributed by atoms with Crippen LogP contribution in [0.25, 0.3) is 16.9 Å². The van der Waals surface area contributed by atoms with Crippen molar-refractivity contribution in [1.82, 2.24) is 24.4 Å². The number of halogens is 3. The van der Waals surface area contributed by atoms with Crippen LogP contribution in [0.2, 0.25) is 0 Å². The lowest BCUT2D eigenvalue weighted by Crippen LogP contribution is -2.14. The summed E-state index contributed by atoms with van der Waals surface area (Å²) in [4.78, 5) is 16.0. The molecule has 3 aromatic rings. The molecule has 0 aliphatic carbocycles. The Hall–Kier alpha value is -2.91. The summed E-state index contributed by atoms with van der Waals surface area (Å²) in [6.07, 6.45) is -2.22. The van der Waals surface area contributed by atoms with Gasteiger partial charge in [0.15, 0.2) is 11.3 Å². The van der Waals surface area contributed by atoms with Crippen LogP contribution in [0, 0.1) is 6.92 Å². The molecule has 0 N–H and O–H groups in total. The van der Waals surface area contributed by atoms with Crippen LogP contribution in [-0.2, 0) is 17.5 Å². The Morgan fingerprint density at radius 3 is 2.56 bits per heavy atom. The lowest BCUT2D eigenvalue weighted by Gasteiger charge is -2.11. The molecule has 0 saturated heterocycles. The van der Waals surface area contributed by atoms with E-state index in [4.69, 9.17) is 0 Å². The van der Waals surface area contributed by atoms with E-state index in [2.05, 4.69) is 19.9 Å². The number of ether oxygens (including phenoxy) is 1. The summed E-state index contributed by atoms with van der Waals surface area (Å²) < 4.78 is 47.2. The number of aromatic nitrogens is 5. The van der Waals surface area contributed by atoms with Crippen LogP contribution in [0.4, 0.5) is 13.2 Å². The molecule has 0 atom stereocenters. The molecule has 0 bridgehead atoms. The van der Waals surface area contributed by atoms with Gasteiger partial charge in [-0.3, -0.25) is 4.68 Å². The number of aryl methyl sites for hydroxylation is 1. The summed E-state index contributed by atoms with van der Waals surface area (Å²) in [5, 5.41) is 7.77. The standard InChI is InChI=1S/C15H14F3N5O2/c1-4-22-8(2)9(6-19-22)11-5-12(15(16,17)18)23-13(21-11)10(7-20-23)14(24)25-3/h5-7H,4H2,1-3H3. The van der Waals surface area contributed by atoms with Crippen LogP contribution >= 0.6 is 0 Å². The second-order valence-corrected chi connectivity index (χ2v) is 5.27. The maximum absolute atomic E-state index is 13.5. The summed E-state index contributed by atoms with van der Waals surface area (Å²) >= 11 is 0. The molecule has 0 saturated carbocycles. The first-order valence-corrected chi connectivity index (χ1v) is 7.35. The molecule has 0 aromatic carbocycles. The Kier molecular flexibility index (Phi) is 3.97. The molecule has 3 aromatic heterocycles. The zero-order valence-electron chi connectivity index (χ0n) is 13.6. The third-order valence-corrected chi connectivity index (χ3v) is 3.85. The van der Waals surface area contributed by atoms with Crippen LogP contribution in [0.1, 0.15) is 28.7 Å². The average Bonchev–Trinajstić information content (AvgIpc) is 3.15. The second-order valence-electron chi connectivity index (χ2n) is 5.27. The van der Waals surface area contributed by atoms with Gasteiger partial charge in [0.2, 0.25) is 0 Å². The van der Waals surface area contributed by atoms with Crippen LogP contribution in [-0.4, -0.2) is 37.5 Å². The van der Waals surface area contributed by atoms with E-state index in [9.17, 15) is 18.0 Å². The Balaban J connectivity index is 2.33. The Labute approximate surface area is 140 Å². The van der Waals surface area contributed by atoms with Gasteiger partial charge in [0, 0.05) is 17.8 Å². The van der Waals surface area contributed by atoms with E-state index in [0.717, 1.165) is 19.4 Å². The minimum atomic E-state index is -4.68. The van der Waals surface area contributed by atoms with Crippen molar-refractivity contribution in [2.75, 3.05) is 7.11 Å². The van der Waals surface area contributed by atoms with Gasteiger partial charge >= 0.3 is 12.1 Å². The molecule has 0 spiro atoms. The molecule has 0 aliphatic heterocycles. The van der Waals surface area contributed by atoms with E-state index >= 15 is 0 Å². The summed E-state index contributed by atoms with van der Waals surface area (Å²) in [5.74, 6) is -0.811. The van der Waals surface area contributed by atoms with Crippen LogP contribution in [0.3, 0.4) is 0 Å². The first-order chi connectivity index (χ1) is 11.8. The van der Waals surface area contributed by atoms with Crippen molar-refractivity contribution in [1.29, 1.82) is 0 Å². The molecule has 0 unspecified atom stereocenters. The van der Waals surface area contributed by atoms with Crippen molar-refractivity contribution in [3.63, 3.8) is 0 Å². The number of hydrogen-bond acceptors (Lipinski definition) is 5. The van der Waals surface area contributed by atoms with E-state index in [1.807, 2.05) is 6.92 Å². The van der Waals surface area contributed by atoms with E-state index in [1.54, 1.807) is 11.6 Å². The minimum absolute atomic E-state index is 0.0580. The van der Waals surface area contributed by atoms with E-state index in [1.165, 1.54) is 6.20 Å². The molecule has 3 heterocycles. The number of hydrogen-bond donors (Lipinski definition) is 0. The quantitative estimate of drug-likeness (QED) is 0.677. The first kappa shape index (κ1) is 16.9. The van der Waals surface area contributed by atoms with Gasteiger partial charge in [0.05, 0.1) is 25.2 Å². The molecule has 0 amide bonds. The summed E-state index contributed by atoms with van der Waals surface area (Å²) in [5.41, 5.74) is -0.219. The topological polar surface area (TPSA) is 74.3 Å². The number of esters is 1. The van der Waals surface area contributed by atoms with Crippen molar-refractivity contribution in [3.8, 4) is 11.3 Å². The lowest BCUT2D eigenvalue weighted by molar-refractivity contribution is -0.142. The predicted molar refractivity (Wildman–Crippen MR) is 81.0 cm³/mol. The molecule has 25 heavy (non-hydrogen) atoms. The zero-order valence-corrected chi connectivity index (χ0v) is 13.6. The number of carbonyl (C=O) groups is 1. The second kappa shape index (κ2) is 5.87. The normalized spacial score (nSPS) is 11.9. The van der Waals surface area contributed by atoms with Crippen molar-refractivity contribution < 1.29 is 22.7 Å². The molecule has 3 rings (SSSR count). The van der Waals surface area contributed by atoms with Crippen molar-refractivity contribution in [2.24, 2.45) is 0 Å². The van der Waals surface area contributed by atoms with Gasteiger partial charge in [-0.05, 0) is 19.9 Å². The van der Waals surface area contributed by atoms with Crippen molar-refractivity contribution >= 4 is 11.6 Å². The summed E-state index contributed by atoms with van der Waals surface area (Å²) in [6.45, 7) is 4.18. The van der Waals surface area contributed by atoms with Crippen LogP contribution < -0.4 is 0 Å². The number of methoxy groups -OCH3 is 1. The molecule has 10 heteroatoms. The highest BCUT2D eigenvalue weighted by atomic mass is 19.4. The van der Waals surface area contributed by atoms with E-state index in [0.29, 0.717) is 22.3 Å². The van der Waals surface area contributed by atoms with Crippen LogP contribution in [0.15, 0.2) is 18.5 Å². The van der Waals surface area contributed by atoms with Crippen molar-refractivity contribution in [2.45, 2.75) is 26.6 Å². The van der Waals surface area contributed by atoms with Gasteiger partial charge < -0.3 is 4.74 Å². The van der Waals surface area contributed by atoms with Gasteiger partial charge in [-0.25, -0.2) is 14.3 Å². The van der Waals surface area contributed by atoms with Gasteiger partial charge in [0.25, 0.3) is 0 Å². The highest BCUT2D eigenvalue weighted by molar-refractivity contribution is 5.95. The Bertz CT molecular complexity index is 958. The third-order valence-electron chi connectivity index (χ3n) is 3.85. The minimum Gasteiger partial charge on any atom is -0.465 e. The Morgan fingerprint density at radius 1 is 1.28 bits per heavy atom. The monoisotopic (exact) mass is 353 g/mol. The largest absolute Gasteiger partial charge is 0.465 e. The first-order valence-electron chi connectivity index (χ1n) is 7.35. The molecule has 132 valence electrons. The highest BCUT2D eigenvalue weighted by Gasteiger charge is 2.36. The van der Waals surface area contributed by atoms with Gasteiger partial charge in [0.1, 0.15) is 5.56 Å². The molecular formula is C15H14F3N5O2. The van der Waals surface area contributed by atoms with Crippen LogP contribution in [0.5, 0.6) is 0 Å². The molecule has 0 fully saturated rings. The maximum Gasteiger partial charge on any atom is 0.433 e. The smallest absolute Gasteiger partial charge is 0.433 e. The molecule has 7 nitrogen and oxygen atoms in total. The fraction of sp³-hybridized carbons (Fsp3) is 0.333. The molecule has 0 radical (unpaired) electrons. The SMILES string of the molecule is CCn1ncc(-c2cc(C(F)(F)F)n3ncc(C(=O)OC)c3n2)c1C. The Morgan fingerprint density at radius 2 is 2.00 bits per heavy atom. The van der Waals surface area contributed by atoms with Gasteiger partial charge in [-0.15, -0.1) is 0 Å². The van der Waals surface area contributed by atoms with Crippen molar-refractivity contribution in [3.05, 3.63) is 35.4 Å². The highest BCUT2D eigenvalue weighted by Crippen LogP contribution is 2.33. The zero-order chi connectivity index (χ0) is 18.4. The number of rotatable bonds is 3. The number of fused-ring (bicyclic) bond motifs is 1. The average molecular weight is 353 g/mol. The summed E-state index contributed by atoms with van der Waals surface area (Å²) in [6, 6.07) is 0.894. The third kappa shape index (κ3) is 2.73. The lowest BCUT2D eigenvalue weighted by atomic mass is 10.1. The van der Waals surface area contributed by atoms with Gasteiger partial charge in [-0.2, -0.15) is 23.4 Å². The maximum atomic E-state index is 13.5. The molecular weight excluding hydrogens is 339 g/mol.